The smallest absolute Gasteiger partial charge is 0.144 e. The fourth-order valence-electron chi connectivity index (χ4n) is 2.54. The van der Waals surface area contributed by atoms with Gasteiger partial charge in [-0.3, -0.25) is 4.90 Å². The van der Waals surface area contributed by atoms with Gasteiger partial charge in [0.15, 0.2) is 0 Å². The first-order valence-corrected chi connectivity index (χ1v) is 7.37. The van der Waals surface area contributed by atoms with E-state index in [1.807, 2.05) is 0 Å². The van der Waals surface area contributed by atoms with Gasteiger partial charge in [0.1, 0.15) is 11.6 Å². The minimum absolute atomic E-state index is 0.155. The summed E-state index contributed by atoms with van der Waals surface area (Å²) in [5.41, 5.74) is 0.155. The van der Waals surface area contributed by atoms with Crippen molar-refractivity contribution in [3.63, 3.8) is 0 Å². The van der Waals surface area contributed by atoms with Gasteiger partial charge in [-0.15, -0.1) is 0 Å². The molecule has 0 spiro atoms. The van der Waals surface area contributed by atoms with E-state index in [0.717, 1.165) is 19.6 Å². The van der Waals surface area contributed by atoms with Crippen molar-refractivity contribution >= 4 is 15.9 Å². The van der Waals surface area contributed by atoms with E-state index in [1.165, 1.54) is 12.1 Å². The second kappa shape index (κ2) is 6.29. The molecule has 1 saturated heterocycles. The van der Waals surface area contributed by atoms with E-state index in [4.69, 9.17) is 0 Å². The molecule has 19 heavy (non-hydrogen) atoms. The number of hydrogen-bond acceptors (Lipinski definition) is 2. The lowest BCUT2D eigenvalue weighted by Gasteiger charge is -2.38. The molecule has 0 bridgehead atoms. The van der Waals surface area contributed by atoms with Crippen LogP contribution in [0, 0.1) is 17.6 Å². The molecule has 0 amide bonds. The normalized spacial score (nSPS) is 21.1. The zero-order chi connectivity index (χ0) is 14.0. The van der Waals surface area contributed by atoms with Crippen LogP contribution in [0.4, 0.5) is 8.78 Å². The van der Waals surface area contributed by atoms with Crippen molar-refractivity contribution in [2.45, 2.75) is 26.4 Å². The summed E-state index contributed by atoms with van der Waals surface area (Å²) in [4.78, 5) is 2.16. The van der Waals surface area contributed by atoms with E-state index in [0.29, 0.717) is 23.0 Å². The average molecular weight is 333 g/mol. The molecule has 1 aromatic rings. The largest absolute Gasteiger partial charge is 0.314 e. The molecule has 2 rings (SSSR count). The van der Waals surface area contributed by atoms with Crippen molar-refractivity contribution in [2.75, 3.05) is 19.6 Å². The zero-order valence-electron chi connectivity index (χ0n) is 11.2. The van der Waals surface area contributed by atoms with Crippen molar-refractivity contribution in [3.05, 3.63) is 33.8 Å². The van der Waals surface area contributed by atoms with Crippen molar-refractivity contribution in [1.82, 2.24) is 10.2 Å². The number of piperazine rings is 1. The van der Waals surface area contributed by atoms with Gasteiger partial charge in [-0.1, -0.05) is 13.8 Å². The standard InChI is InChI=1S/C14H19BrF2N2/c1-9(2)13-7-18-5-6-19(13)8-10-12(16)4-3-11(15)14(10)17/h3-4,9,13,18H,5-8H2,1-2H3. The Morgan fingerprint density at radius 1 is 1.42 bits per heavy atom. The maximum absolute atomic E-state index is 14.0. The number of nitrogens with one attached hydrogen (secondary N) is 1. The third-order valence-corrected chi connectivity index (χ3v) is 4.28. The van der Waals surface area contributed by atoms with Gasteiger partial charge in [-0.2, -0.15) is 0 Å². The molecule has 1 aliphatic heterocycles. The van der Waals surface area contributed by atoms with Crippen LogP contribution in [-0.4, -0.2) is 30.6 Å². The highest BCUT2D eigenvalue weighted by Gasteiger charge is 2.26. The Kier molecular flexibility index (Phi) is 4.92. The van der Waals surface area contributed by atoms with Gasteiger partial charge in [0, 0.05) is 37.8 Å². The molecule has 1 atom stereocenters. The van der Waals surface area contributed by atoms with E-state index in [1.54, 1.807) is 0 Å². The number of benzene rings is 1. The molecule has 5 heteroatoms. The molecule has 1 unspecified atom stereocenters. The molecule has 1 aromatic carbocycles. The van der Waals surface area contributed by atoms with Crippen LogP contribution in [0.5, 0.6) is 0 Å². The second-order valence-electron chi connectivity index (χ2n) is 5.31. The van der Waals surface area contributed by atoms with Gasteiger partial charge < -0.3 is 5.32 Å². The highest BCUT2D eigenvalue weighted by Crippen LogP contribution is 2.25. The lowest BCUT2D eigenvalue weighted by atomic mass is 9.99. The van der Waals surface area contributed by atoms with Gasteiger partial charge >= 0.3 is 0 Å². The maximum atomic E-state index is 14.0. The Morgan fingerprint density at radius 3 is 2.84 bits per heavy atom. The fourth-order valence-corrected chi connectivity index (χ4v) is 2.91. The second-order valence-corrected chi connectivity index (χ2v) is 6.16. The first kappa shape index (κ1) is 14.9. The molecule has 1 aliphatic rings. The summed E-state index contributed by atoms with van der Waals surface area (Å²) in [6, 6.07) is 3.03. The average Bonchev–Trinajstić information content (AvgIpc) is 2.39. The van der Waals surface area contributed by atoms with Crippen LogP contribution in [0.1, 0.15) is 19.4 Å². The van der Waals surface area contributed by atoms with Gasteiger partial charge in [-0.25, -0.2) is 8.78 Å². The van der Waals surface area contributed by atoms with E-state index in [-0.39, 0.29) is 5.56 Å². The predicted octanol–water partition coefficient (Wildman–Crippen LogP) is 3.16. The summed E-state index contributed by atoms with van der Waals surface area (Å²) in [6.07, 6.45) is 0. The van der Waals surface area contributed by atoms with Crippen molar-refractivity contribution in [3.8, 4) is 0 Å². The highest BCUT2D eigenvalue weighted by atomic mass is 79.9. The molecule has 0 saturated carbocycles. The predicted molar refractivity (Wildman–Crippen MR) is 76.0 cm³/mol. The Bertz CT molecular complexity index is 451. The molecule has 0 aromatic heterocycles. The summed E-state index contributed by atoms with van der Waals surface area (Å²) in [6.45, 7) is 7.14. The number of nitrogens with zero attached hydrogens (tertiary/aromatic N) is 1. The monoisotopic (exact) mass is 332 g/mol. The topological polar surface area (TPSA) is 15.3 Å². The van der Waals surface area contributed by atoms with Crippen LogP contribution in [-0.2, 0) is 6.54 Å². The first-order valence-electron chi connectivity index (χ1n) is 6.58. The maximum Gasteiger partial charge on any atom is 0.144 e. The zero-order valence-corrected chi connectivity index (χ0v) is 12.8. The highest BCUT2D eigenvalue weighted by molar-refractivity contribution is 9.10. The number of halogens is 3. The van der Waals surface area contributed by atoms with E-state index in [2.05, 4.69) is 40.0 Å². The Labute approximate surface area is 121 Å². The summed E-state index contributed by atoms with van der Waals surface area (Å²) < 4.78 is 28.1. The third kappa shape index (κ3) is 3.33. The molecule has 0 radical (unpaired) electrons. The van der Waals surface area contributed by atoms with Gasteiger partial charge in [-0.05, 0) is 34.0 Å². The number of rotatable bonds is 3. The van der Waals surface area contributed by atoms with Crippen molar-refractivity contribution < 1.29 is 8.78 Å². The minimum atomic E-state index is -0.485. The summed E-state index contributed by atoms with van der Waals surface area (Å²) in [5, 5.41) is 3.33. The summed E-state index contributed by atoms with van der Waals surface area (Å²) in [7, 11) is 0. The molecular formula is C14H19BrF2N2. The molecule has 0 aliphatic carbocycles. The fraction of sp³-hybridized carbons (Fsp3) is 0.571. The van der Waals surface area contributed by atoms with E-state index in [9.17, 15) is 8.78 Å². The van der Waals surface area contributed by atoms with Crippen LogP contribution < -0.4 is 5.32 Å². The minimum Gasteiger partial charge on any atom is -0.314 e. The molecule has 2 nitrogen and oxygen atoms in total. The first-order chi connectivity index (χ1) is 9.00. The van der Waals surface area contributed by atoms with Crippen molar-refractivity contribution in [1.29, 1.82) is 0 Å². The molecule has 1 heterocycles. The van der Waals surface area contributed by atoms with Crippen LogP contribution in [0.3, 0.4) is 0 Å². The quantitative estimate of drug-likeness (QED) is 0.855. The number of hydrogen-bond donors (Lipinski definition) is 1. The summed E-state index contributed by atoms with van der Waals surface area (Å²) in [5.74, 6) is -0.506. The van der Waals surface area contributed by atoms with E-state index < -0.39 is 11.6 Å². The molecule has 1 N–H and O–H groups in total. The lowest BCUT2D eigenvalue weighted by molar-refractivity contribution is 0.114. The lowest BCUT2D eigenvalue weighted by Crippen LogP contribution is -2.53. The molecule has 106 valence electrons. The van der Waals surface area contributed by atoms with Crippen LogP contribution in [0.2, 0.25) is 0 Å². The third-order valence-electron chi connectivity index (χ3n) is 3.67. The van der Waals surface area contributed by atoms with Gasteiger partial charge in [0.05, 0.1) is 4.47 Å². The van der Waals surface area contributed by atoms with Crippen LogP contribution >= 0.6 is 15.9 Å². The molecule has 1 fully saturated rings. The Balaban J connectivity index is 2.22. The van der Waals surface area contributed by atoms with Crippen LogP contribution in [0.25, 0.3) is 0 Å². The Hall–Kier alpha value is -0.520. The van der Waals surface area contributed by atoms with E-state index >= 15 is 0 Å². The van der Waals surface area contributed by atoms with Crippen LogP contribution in [0.15, 0.2) is 16.6 Å². The van der Waals surface area contributed by atoms with Gasteiger partial charge in [0.2, 0.25) is 0 Å². The van der Waals surface area contributed by atoms with Gasteiger partial charge in [0.25, 0.3) is 0 Å². The summed E-state index contributed by atoms with van der Waals surface area (Å²) >= 11 is 3.12. The SMILES string of the molecule is CC(C)C1CNCCN1Cc1c(F)ccc(Br)c1F. The Morgan fingerprint density at radius 2 is 2.16 bits per heavy atom. The van der Waals surface area contributed by atoms with Crippen molar-refractivity contribution in [2.24, 2.45) is 5.92 Å². The molecular weight excluding hydrogens is 314 g/mol.